The van der Waals surface area contributed by atoms with Crippen LogP contribution in [-0.4, -0.2) is 49.8 Å². The Kier molecular flexibility index (Phi) is 4.99. The minimum atomic E-state index is -0.0385. The Labute approximate surface area is 142 Å². The monoisotopic (exact) mass is 331 g/mol. The summed E-state index contributed by atoms with van der Waals surface area (Å²) in [5, 5.41) is 4.35. The van der Waals surface area contributed by atoms with Gasteiger partial charge in [-0.1, -0.05) is 13.8 Å². The first-order chi connectivity index (χ1) is 11.5. The van der Waals surface area contributed by atoms with Crippen LogP contribution in [0.15, 0.2) is 18.5 Å². The molecule has 0 bridgehead atoms. The normalized spacial score (nSPS) is 17.8. The van der Waals surface area contributed by atoms with Crippen LogP contribution in [0, 0.1) is 12.8 Å². The predicted molar refractivity (Wildman–Crippen MR) is 89.5 cm³/mol. The number of aromatic nitrogens is 4. The zero-order valence-electron chi connectivity index (χ0n) is 14.5. The fourth-order valence-corrected chi connectivity index (χ4v) is 2.96. The zero-order chi connectivity index (χ0) is 17.1. The molecule has 0 saturated heterocycles. The lowest BCUT2D eigenvalue weighted by Gasteiger charge is -2.29. The molecule has 7 heteroatoms. The fraction of sp³-hybridized carbons (Fsp3) is 0.588. The van der Waals surface area contributed by atoms with Gasteiger partial charge >= 0.3 is 0 Å². The highest BCUT2D eigenvalue weighted by molar-refractivity contribution is 5.92. The van der Waals surface area contributed by atoms with Gasteiger partial charge in [0.25, 0.3) is 5.91 Å². The number of amides is 1. The molecule has 2 aromatic heterocycles. The summed E-state index contributed by atoms with van der Waals surface area (Å²) in [6.45, 7) is 8.67. The number of ether oxygens (including phenoxy) is 1. The molecule has 0 radical (unpaired) electrons. The van der Waals surface area contributed by atoms with Crippen LogP contribution in [0.3, 0.4) is 0 Å². The quantitative estimate of drug-likeness (QED) is 0.909. The van der Waals surface area contributed by atoms with Crippen molar-refractivity contribution in [2.24, 2.45) is 5.92 Å². The van der Waals surface area contributed by atoms with Crippen LogP contribution in [0.4, 0.5) is 0 Å². The molecule has 130 valence electrons. The number of hydrogen-bond donors (Lipinski definition) is 1. The third kappa shape index (κ3) is 3.67. The molecule has 0 aromatic carbocycles. The molecule has 2 aromatic rings. The van der Waals surface area contributed by atoms with Crippen LogP contribution in [0.25, 0.3) is 0 Å². The van der Waals surface area contributed by atoms with Crippen molar-refractivity contribution in [2.75, 3.05) is 13.2 Å². The van der Waals surface area contributed by atoms with Crippen LogP contribution < -0.4 is 0 Å². The third-order valence-corrected chi connectivity index (χ3v) is 4.21. The Morgan fingerprint density at radius 3 is 3.04 bits per heavy atom. The summed E-state index contributed by atoms with van der Waals surface area (Å²) < 4.78 is 7.81. The van der Waals surface area contributed by atoms with Crippen LogP contribution >= 0.6 is 0 Å². The molecule has 24 heavy (non-hydrogen) atoms. The van der Waals surface area contributed by atoms with Gasteiger partial charge in [0, 0.05) is 19.3 Å². The zero-order valence-corrected chi connectivity index (χ0v) is 14.5. The number of H-pyrrole nitrogens is 1. The van der Waals surface area contributed by atoms with E-state index in [1.54, 1.807) is 12.4 Å². The van der Waals surface area contributed by atoms with E-state index in [9.17, 15) is 4.79 Å². The number of hydrogen-bond acceptors (Lipinski definition) is 4. The molecule has 3 rings (SSSR count). The standard InChI is InChI=1S/C17H25N5O2/c1-12(2)10-24-11-15-5-7-22-14(4-6-19-22)9-21(15)17(23)16-8-18-13(3)20-16/h4,6,8,12,15H,5,7,9-11H2,1-3H3,(H,18,20). The molecule has 1 amide bonds. The molecule has 1 atom stereocenters. The molecule has 1 unspecified atom stereocenters. The second-order valence-electron chi connectivity index (χ2n) is 6.73. The minimum absolute atomic E-state index is 0.0292. The number of carbonyl (C=O) groups is 1. The first kappa shape index (κ1) is 16.7. The lowest BCUT2D eigenvalue weighted by atomic mass is 10.1. The van der Waals surface area contributed by atoms with Crippen molar-refractivity contribution >= 4 is 5.91 Å². The first-order valence-corrected chi connectivity index (χ1v) is 8.45. The van der Waals surface area contributed by atoms with Crippen molar-refractivity contribution < 1.29 is 9.53 Å². The van der Waals surface area contributed by atoms with E-state index in [2.05, 4.69) is 28.9 Å². The Balaban J connectivity index is 1.79. The van der Waals surface area contributed by atoms with E-state index in [0.29, 0.717) is 31.4 Å². The van der Waals surface area contributed by atoms with Crippen molar-refractivity contribution in [3.8, 4) is 0 Å². The average molecular weight is 331 g/mol. The SMILES string of the molecule is Cc1ncc(C(=O)N2Cc3ccnn3CCC2COCC(C)C)[nH]1. The lowest BCUT2D eigenvalue weighted by molar-refractivity contribution is 0.0329. The van der Waals surface area contributed by atoms with Crippen molar-refractivity contribution in [2.45, 2.75) is 46.3 Å². The smallest absolute Gasteiger partial charge is 0.272 e. The maximum atomic E-state index is 13.0. The molecule has 7 nitrogen and oxygen atoms in total. The maximum Gasteiger partial charge on any atom is 0.272 e. The van der Waals surface area contributed by atoms with Gasteiger partial charge in [0.05, 0.1) is 31.1 Å². The summed E-state index contributed by atoms with van der Waals surface area (Å²) in [6, 6.07) is 2.00. The molecule has 1 aliphatic rings. The van der Waals surface area contributed by atoms with Gasteiger partial charge in [0.1, 0.15) is 11.5 Å². The Bertz CT molecular complexity index is 691. The van der Waals surface area contributed by atoms with Crippen LogP contribution in [0.1, 0.15) is 42.3 Å². The molecule has 1 N–H and O–H groups in total. The number of imidazole rings is 1. The number of nitrogens with zero attached hydrogens (tertiary/aromatic N) is 4. The van der Waals surface area contributed by atoms with Gasteiger partial charge in [-0.15, -0.1) is 0 Å². The van der Waals surface area contributed by atoms with E-state index < -0.39 is 0 Å². The van der Waals surface area contributed by atoms with Gasteiger partial charge in [-0.2, -0.15) is 5.10 Å². The summed E-state index contributed by atoms with van der Waals surface area (Å²) in [5.41, 5.74) is 1.57. The van der Waals surface area contributed by atoms with Gasteiger partial charge in [0.2, 0.25) is 0 Å². The third-order valence-electron chi connectivity index (χ3n) is 4.21. The fourth-order valence-electron chi connectivity index (χ4n) is 2.96. The molecular weight excluding hydrogens is 306 g/mol. The second-order valence-corrected chi connectivity index (χ2v) is 6.73. The molecule has 0 saturated carbocycles. The molecule has 1 aliphatic heterocycles. The van der Waals surface area contributed by atoms with Crippen molar-refractivity contribution in [3.63, 3.8) is 0 Å². The summed E-state index contributed by atoms with van der Waals surface area (Å²) in [4.78, 5) is 22.0. The highest BCUT2D eigenvalue weighted by Gasteiger charge is 2.29. The highest BCUT2D eigenvalue weighted by Crippen LogP contribution is 2.20. The predicted octanol–water partition coefficient (Wildman–Crippen LogP) is 2.00. The lowest BCUT2D eigenvalue weighted by Crippen LogP contribution is -2.42. The summed E-state index contributed by atoms with van der Waals surface area (Å²) in [6.07, 6.45) is 4.21. The summed E-state index contributed by atoms with van der Waals surface area (Å²) in [7, 11) is 0. The van der Waals surface area contributed by atoms with E-state index in [1.165, 1.54) is 0 Å². The number of fused-ring (bicyclic) bond motifs is 1. The van der Waals surface area contributed by atoms with Crippen molar-refractivity contribution in [3.05, 3.63) is 35.7 Å². The number of aromatic amines is 1. The second kappa shape index (κ2) is 7.17. The van der Waals surface area contributed by atoms with Gasteiger partial charge in [-0.05, 0) is 25.3 Å². The van der Waals surface area contributed by atoms with Crippen LogP contribution in [-0.2, 0) is 17.8 Å². The Morgan fingerprint density at radius 1 is 1.50 bits per heavy atom. The minimum Gasteiger partial charge on any atom is -0.379 e. The number of carbonyl (C=O) groups excluding carboxylic acids is 1. The van der Waals surface area contributed by atoms with E-state index >= 15 is 0 Å². The first-order valence-electron chi connectivity index (χ1n) is 8.45. The maximum absolute atomic E-state index is 13.0. The van der Waals surface area contributed by atoms with Crippen molar-refractivity contribution in [1.29, 1.82) is 0 Å². The Morgan fingerprint density at radius 2 is 2.33 bits per heavy atom. The van der Waals surface area contributed by atoms with Crippen LogP contribution in [0.5, 0.6) is 0 Å². The highest BCUT2D eigenvalue weighted by atomic mass is 16.5. The molecule has 3 heterocycles. The van der Waals surface area contributed by atoms with Gasteiger partial charge < -0.3 is 14.6 Å². The van der Waals surface area contributed by atoms with E-state index in [1.807, 2.05) is 22.6 Å². The van der Waals surface area contributed by atoms with Gasteiger partial charge in [-0.25, -0.2) is 4.98 Å². The van der Waals surface area contributed by atoms with E-state index in [0.717, 1.165) is 24.5 Å². The largest absolute Gasteiger partial charge is 0.379 e. The molecule has 0 fully saturated rings. The summed E-state index contributed by atoms with van der Waals surface area (Å²) in [5.74, 6) is 1.18. The summed E-state index contributed by atoms with van der Waals surface area (Å²) >= 11 is 0. The van der Waals surface area contributed by atoms with Gasteiger partial charge in [-0.3, -0.25) is 9.48 Å². The Hall–Kier alpha value is -2.15. The average Bonchev–Trinajstić information content (AvgIpc) is 3.13. The van der Waals surface area contributed by atoms with Crippen LogP contribution in [0.2, 0.25) is 0 Å². The number of aryl methyl sites for hydroxylation is 2. The molecule has 0 spiro atoms. The van der Waals surface area contributed by atoms with Gasteiger partial charge in [0.15, 0.2) is 0 Å². The molecular formula is C17H25N5O2. The molecule has 0 aliphatic carbocycles. The number of nitrogens with one attached hydrogen (secondary N) is 1. The number of rotatable bonds is 5. The van der Waals surface area contributed by atoms with E-state index in [4.69, 9.17) is 4.74 Å². The van der Waals surface area contributed by atoms with Crippen molar-refractivity contribution in [1.82, 2.24) is 24.6 Å². The topological polar surface area (TPSA) is 76.0 Å². The van der Waals surface area contributed by atoms with E-state index in [-0.39, 0.29) is 11.9 Å².